The molecule has 1 aliphatic heterocycles. The Kier molecular flexibility index (Phi) is 4.57. The van der Waals surface area contributed by atoms with Crippen molar-refractivity contribution >= 4 is 17.5 Å². The van der Waals surface area contributed by atoms with Gasteiger partial charge in [0.2, 0.25) is 11.8 Å². The van der Waals surface area contributed by atoms with Crippen molar-refractivity contribution in [3.05, 3.63) is 30.3 Å². The molecular formula is C14H20N4O2. The molecule has 1 unspecified atom stereocenters. The highest BCUT2D eigenvalue weighted by molar-refractivity contribution is 5.87. The quantitative estimate of drug-likeness (QED) is 0.778. The topological polar surface area (TPSA) is 92.7 Å². The number of nitrogens with zero attached hydrogens (tertiary/aromatic N) is 2. The van der Waals surface area contributed by atoms with E-state index in [9.17, 15) is 9.59 Å². The molecule has 1 aromatic rings. The van der Waals surface area contributed by atoms with E-state index in [1.165, 1.54) is 0 Å². The standard InChI is InChI=1S/C14H20N4O2/c15-12(10-13(16)19)14(20)18-8-6-17(7-9-18)11-4-2-1-3-5-11/h1-5,12H,6-10,15H2,(H2,16,19). The van der Waals surface area contributed by atoms with E-state index in [-0.39, 0.29) is 12.3 Å². The first-order valence-corrected chi connectivity index (χ1v) is 6.70. The molecule has 2 rings (SSSR count). The Morgan fingerprint density at radius 2 is 1.70 bits per heavy atom. The molecule has 0 aromatic heterocycles. The van der Waals surface area contributed by atoms with Gasteiger partial charge in [-0.15, -0.1) is 0 Å². The van der Waals surface area contributed by atoms with Crippen molar-refractivity contribution in [1.29, 1.82) is 0 Å². The molecule has 2 amide bonds. The van der Waals surface area contributed by atoms with Gasteiger partial charge in [0.15, 0.2) is 0 Å². The minimum absolute atomic E-state index is 0.0995. The van der Waals surface area contributed by atoms with Gasteiger partial charge in [0.05, 0.1) is 12.5 Å². The number of piperazine rings is 1. The van der Waals surface area contributed by atoms with Crippen molar-refractivity contribution in [3.63, 3.8) is 0 Å². The van der Waals surface area contributed by atoms with Crippen LogP contribution in [0, 0.1) is 0 Å². The molecular weight excluding hydrogens is 256 g/mol. The van der Waals surface area contributed by atoms with Crippen molar-refractivity contribution in [2.24, 2.45) is 11.5 Å². The van der Waals surface area contributed by atoms with Crippen molar-refractivity contribution < 1.29 is 9.59 Å². The van der Waals surface area contributed by atoms with E-state index in [1.807, 2.05) is 18.2 Å². The van der Waals surface area contributed by atoms with Gasteiger partial charge >= 0.3 is 0 Å². The van der Waals surface area contributed by atoms with E-state index < -0.39 is 11.9 Å². The largest absolute Gasteiger partial charge is 0.370 e. The highest BCUT2D eigenvalue weighted by Crippen LogP contribution is 2.15. The molecule has 1 aromatic carbocycles. The smallest absolute Gasteiger partial charge is 0.240 e. The van der Waals surface area contributed by atoms with E-state index in [1.54, 1.807) is 4.90 Å². The summed E-state index contributed by atoms with van der Waals surface area (Å²) in [5.74, 6) is -0.745. The summed E-state index contributed by atoms with van der Waals surface area (Å²) < 4.78 is 0. The minimum atomic E-state index is -0.823. The number of amides is 2. The van der Waals surface area contributed by atoms with Crippen molar-refractivity contribution in [2.45, 2.75) is 12.5 Å². The van der Waals surface area contributed by atoms with Crippen LogP contribution in [0.2, 0.25) is 0 Å². The number of carbonyl (C=O) groups is 2. The Morgan fingerprint density at radius 1 is 1.10 bits per heavy atom. The predicted molar refractivity (Wildman–Crippen MR) is 77.0 cm³/mol. The van der Waals surface area contributed by atoms with E-state index >= 15 is 0 Å². The Morgan fingerprint density at radius 3 is 2.25 bits per heavy atom. The molecule has 1 aliphatic rings. The van der Waals surface area contributed by atoms with Crippen LogP contribution in [0.25, 0.3) is 0 Å². The second-order valence-corrected chi connectivity index (χ2v) is 4.92. The summed E-state index contributed by atoms with van der Waals surface area (Å²) in [5.41, 5.74) is 11.9. The fourth-order valence-corrected chi connectivity index (χ4v) is 2.36. The zero-order chi connectivity index (χ0) is 14.5. The van der Waals surface area contributed by atoms with Crippen LogP contribution in [-0.4, -0.2) is 48.9 Å². The predicted octanol–water partition coefficient (Wildman–Crippen LogP) is -0.462. The van der Waals surface area contributed by atoms with Gasteiger partial charge in [-0.1, -0.05) is 18.2 Å². The summed E-state index contributed by atoms with van der Waals surface area (Å²) in [5, 5.41) is 0. The SMILES string of the molecule is NC(=O)CC(N)C(=O)N1CCN(c2ccccc2)CC1. The number of nitrogens with two attached hydrogens (primary N) is 2. The fraction of sp³-hybridized carbons (Fsp3) is 0.429. The first-order valence-electron chi connectivity index (χ1n) is 6.70. The number of carbonyl (C=O) groups excluding carboxylic acids is 2. The molecule has 20 heavy (non-hydrogen) atoms. The lowest BCUT2D eigenvalue weighted by atomic mass is 10.1. The molecule has 4 N–H and O–H groups in total. The maximum Gasteiger partial charge on any atom is 0.240 e. The zero-order valence-corrected chi connectivity index (χ0v) is 11.4. The van der Waals surface area contributed by atoms with Crippen LogP contribution in [0.1, 0.15) is 6.42 Å². The Hall–Kier alpha value is -2.08. The second-order valence-electron chi connectivity index (χ2n) is 4.92. The van der Waals surface area contributed by atoms with Crippen molar-refractivity contribution in [1.82, 2.24) is 4.90 Å². The Bertz CT molecular complexity index is 469. The van der Waals surface area contributed by atoms with Crippen LogP contribution < -0.4 is 16.4 Å². The van der Waals surface area contributed by atoms with Crippen LogP contribution >= 0.6 is 0 Å². The summed E-state index contributed by atoms with van der Waals surface area (Å²) in [6.45, 7) is 2.75. The highest BCUT2D eigenvalue weighted by atomic mass is 16.2. The summed E-state index contributed by atoms with van der Waals surface area (Å²) in [6.07, 6.45) is -0.0995. The van der Waals surface area contributed by atoms with Crippen LogP contribution in [-0.2, 0) is 9.59 Å². The lowest BCUT2D eigenvalue weighted by molar-refractivity contribution is -0.134. The Balaban J connectivity index is 1.88. The summed E-state index contributed by atoms with van der Waals surface area (Å²) in [7, 11) is 0. The maximum atomic E-state index is 12.1. The third kappa shape index (κ3) is 3.48. The second kappa shape index (κ2) is 6.38. The number of rotatable bonds is 4. The Labute approximate surface area is 118 Å². The molecule has 0 radical (unpaired) electrons. The molecule has 1 fully saturated rings. The van der Waals surface area contributed by atoms with Gasteiger partial charge < -0.3 is 21.3 Å². The number of para-hydroxylation sites is 1. The number of primary amides is 1. The summed E-state index contributed by atoms with van der Waals surface area (Å²) >= 11 is 0. The molecule has 0 aliphatic carbocycles. The first-order chi connectivity index (χ1) is 9.58. The van der Waals surface area contributed by atoms with Gasteiger partial charge in [0, 0.05) is 31.9 Å². The molecule has 1 heterocycles. The van der Waals surface area contributed by atoms with Crippen LogP contribution in [0.5, 0.6) is 0 Å². The van der Waals surface area contributed by atoms with Gasteiger partial charge in [-0.3, -0.25) is 9.59 Å². The zero-order valence-electron chi connectivity index (χ0n) is 11.4. The van der Waals surface area contributed by atoms with E-state index in [2.05, 4.69) is 17.0 Å². The molecule has 1 atom stereocenters. The van der Waals surface area contributed by atoms with Gasteiger partial charge in [0.25, 0.3) is 0 Å². The monoisotopic (exact) mass is 276 g/mol. The summed E-state index contributed by atoms with van der Waals surface area (Å²) in [4.78, 5) is 26.8. The van der Waals surface area contributed by atoms with Gasteiger partial charge in [0.1, 0.15) is 0 Å². The average molecular weight is 276 g/mol. The van der Waals surface area contributed by atoms with Crippen LogP contribution in [0.15, 0.2) is 30.3 Å². The molecule has 108 valence electrons. The van der Waals surface area contributed by atoms with Gasteiger partial charge in [-0.25, -0.2) is 0 Å². The van der Waals surface area contributed by atoms with E-state index in [0.29, 0.717) is 13.1 Å². The molecule has 6 heteroatoms. The summed E-state index contributed by atoms with van der Waals surface area (Å²) in [6, 6.07) is 9.25. The lowest BCUT2D eigenvalue weighted by Gasteiger charge is -2.37. The molecule has 1 saturated heterocycles. The van der Waals surface area contributed by atoms with Crippen molar-refractivity contribution in [3.8, 4) is 0 Å². The minimum Gasteiger partial charge on any atom is -0.370 e. The number of benzene rings is 1. The fourth-order valence-electron chi connectivity index (χ4n) is 2.36. The number of anilines is 1. The van der Waals surface area contributed by atoms with E-state index in [4.69, 9.17) is 11.5 Å². The van der Waals surface area contributed by atoms with Gasteiger partial charge in [-0.05, 0) is 12.1 Å². The average Bonchev–Trinajstić information content (AvgIpc) is 2.47. The molecule has 0 spiro atoms. The lowest BCUT2D eigenvalue weighted by Crippen LogP contribution is -2.53. The third-order valence-electron chi connectivity index (χ3n) is 3.45. The van der Waals surface area contributed by atoms with Crippen LogP contribution in [0.4, 0.5) is 5.69 Å². The third-order valence-corrected chi connectivity index (χ3v) is 3.45. The molecule has 0 bridgehead atoms. The normalized spacial score (nSPS) is 16.9. The number of hydrogen-bond acceptors (Lipinski definition) is 4. The maximum absolute atomic E-state index is 12.1. The number of hydrogen-bond donors (Lipinski definition) is 2. The van der Waals surface area contributed by atoms with Crippen LogP contribution in [0.3, 0.4) is 0 Å². The van der Waals surface area contributed by atoms with Gasteiger partial charge in [-0.2, -0.15) is 0 Å². The highest BCUT2D eigenvalue weighted by Gasteiger charge is 2.26. The molecule has 6 nitrogen and oxygen atoms in total. The van der Waals surface area contributed by atoms with Crippen molar-refractivity contribution in [2.75, 3.05) is 31.1 Å². The first kappa shape index (κ1) is 14.3. The van der Waals surface area contributed by atoms with E-state index in [0.717, 1.165) is 18.8 Å². The molecule has 0 saturated carbocycles.